The number of likely N-dealkylation sites (tertiary alicyclic amines) is 1. The topological polar surface area (TPSA) is 42.8 Å². The number of rotatable bonds is 6. The highest BCUT2D eigenvalue weighted by atomic mass is 19.1. The van der Waals surface area contributed by atoms with Gasteiger partial charge in [0.1, 0.15) is 11.3 Å². The number of piperidine rings is 1. The van der Waals surface area contributed by atoms with Crippen molar-refractivity contribution in [3.8, 4) is 0 Å². The van der Waals surface area contributed by atoms with Crippen molar-refractivity contribution in [1.82, 2.24) is 19.7 Å². The van der Waals surface area contributed by atoms with Gasteiger partial charge in [-0.05, 0) is 58.3 Å². The smallest absolute Gasteiger partial charge is 0.149 e. The average Bonchev–Trinajstić information content (AvgIpc) is 2.75. The molecule has 3 heterocycles. The number of aliphatic hydroxyl groups is 1. The molecule has 0 aliphatic carbocycles. The molecule has 0 saturated carbocycles. The molecule has 2 saturated heterocycles. The number of fused-ring (bicyclic) bond motifs is 1. The lowest BCUT2D eigenvalue weighted by Crippen LogP contribution is -2.58. The maximum atomic E-state index is 14.1. The van der Waals surface area contributed by atoms with E-state index in [1.54, 1.807) is 6.07 Å². The van der Waals surface area contributed by atoms with E-state index in [1.807, 2.05) is 18.2 Å². The summed E-state index contributed by atoms with van der Waals surface area (Å²) in [5.74, 6) is -0.259. The third-order valence-electron chi connectivity index (χ3n) is 6.89. The predicted octanol–water partition coefficient (Wildman–Crippen LogP) is 3.12. The predicted molar refractivity (Wildman–Crippen MR) is 119 cm³/mol. The van der Waals surface area contributed by atoms with Crippen LogP contribution in [0.3, 0.4) is 0 Å². The molecule has 1 N–H and O–H groups in total. The van der Waals surface area contributed by atoms with Gasteiger partial charge in [-0.3, -0.25) is 9.80 Å². The van der Waals surface area contributed by atoms with Crippen molar-refractivity contribution < 1.29 is 9.50 Å². The summed E-state index contributed by atoms with van der Waals surface area (Å²) in [7, 11) is 0. The molecular formula is C24H35FN4O. The van der Waals surface area contributed by atoms with Crippen molar-refractivity contribution in [2.45, 2.75) is 57.8 Å². The Morgan fingerprint density at radius 3 is 2.63 bits per heavy atom. The van der Waals surface area contributed by atoms with E-state index in [0.29, 0.717) is 23.6 Å². The fourth-order valence-corrected chi connectivity index (χ4v) is 5.17. The number of aromatic nitrogens is 1. The summed E-state index contributed by atoms with van der Waals surface area (Å²) in [6, 6.07) is 10.7. The molecule has 1 aromatic carbocycles. The number of hydrogen-bond acceptors (Lipinski definition) is 5. The Morgan fingerprint density at radius 2 is 1.90 bits per heavy atom. The van der Waals surface area contributed by atoms with E-state index in [9.17, 15) is 9.50 Å². The lowest BCUT2D eigenvalue weighted by Gasteiger charge is -2.48. The zero-order valence-electron chi connectivity index (χ0n) is 18.3. The van der Waals surface area contributed by atoms with Crippen molar-refractivity contribution in [2.24, 2.45) is 0 Å². The van der Waals surface area contributed by atoms with Gasteiger partial charge in [-0.2, -0.15) is 0 Å². The maximum absolute atomic E-state index is 14.1. The molecule has 0 bridgehead atoms. The van der Waals surface area contributed by atoms with Crippen LogP contribution in [0.25, 0.3) is 10.9 Å². The minimum Gasteiger partial charge on any atom is -0.396 e. The molecule has 2 fully saturated rings. The SMILES string of the molecule is CC(C)N1CCC(N2CCN(Cc3ccc4cccc(F)c4n3)CC2CCO)CC1. The molecule has 30 heavy (non-hydrogen) atoms. The van der Waals surface area contributed by atoms with E-state index in [2.05, 4.69) is 33.5 Å². The summed E-state index contributed by atoms with van der Waals surface area (Å²) in [5, 5.41) is 10.5. The Bertz CT molecular complexity index is 837. The van der Waals surface area contributed by atoms with Crippen LogP contribution in [-0.4, -0.2) is 82.2 Å². The van der Waals surface area contributed by atoms with Gasteiger partial charge in [-0.25, -0.2) is 9.37 Å². The molecule has 0 amide bonds. The van der Waals surface area contributed by atoms with Crippen LogP contribution in [0, 0.1) is 5.82 Å². The molecule has 1 aromatic heterocycles. The van der Waals surface area contributed by atoms with Gasteiger partial charge in [0.25, 0.3) is 0 Å². The minimum absolute atomic E-state index is 0.222. The number of aliphatic hydroxyl groups excluding tert-OH is 1. The van der Waals surface area contributed by atoms with Gasteiger partial charge < -0.3 is 10.0 Å². The first kappa shape index (κ1) is 21.6. The molecule has 2 aromatic rings. The van der Waals surface area contributed by atoms with E-state index in [1.165, 1.54) is 32.0 Å². The number of piperazine rings is 1. The Labute approximate surface area is 179 Å². The number of nitrogens with zero attached hydrogens (tertiary/aromatic N) is 4. The Morgan fingerprint density at radius 1 is 1.10 bits per heavy atom. The van der Waals surface area contributed by atoms with Crippen molar-refractivity contribution in [3.05, 3.63) is 41.8 Å². The summed E-state index contributed by atoms with van der Waals surface area (Å²) in [6.45, 7) is 10.8. The highest BCUT2D eigenvalue weighted by Gasteiger charge is 2.33. The quantitative estimate of drug-likeness (QED) is 0.787. The summed E-state index contributed by atoms with van der Waals surface area (Å²) in [5.41, 5.74) is 1.37. The Kier molecular flexibility index (Phi) is 6.98. The molecule has 2 aliphatic rings. The van der Waals surface area contributed by atoms with E-state index < -0.39 is 0 Å². The number of hydrogen-bond donors (Lipinski definition) is 1. The standard InChI is InChI=1S/C24H35FN4O/c1-18(2)28-11-8-21(9-12-28)29-14-13-27(17-22(29)10-15-30)16-20-7-6-19-4-3-5-23(25)24(19)26-20/h3-7,18,21-22,30H,8-17H2,1-2H3. The van der Waals surface area contributed by atoms with Crippen LogP contribution in [0.2, 0.25) is 0 Å². The molecule has 0 spiro atoms. The Hall–Kier alpha value is -1.60. The fraction of sp³-hybridized carbons (Fsp3) is 0.625. The largest absolute Gasteiger partial charge is 0.396 e. The maximum Gasteiger partial charge on any atom is 0.149 e. The third-order valence-corrected chi connectivity index (χ3v) is 6.89. The van der Waals surface area contributed by atoms with Gasteiger partial charge in [0.2, 0.25) is 0 Å². The summed E-state index contributed by atoms with van der Waals surface area (Å²) in [4.78, 5) is 12.2. The van der Waals surface area contributed by atoms with Gasteiger partial charge >= 0.3 is 0 Å². The van der Waals surface area contributed by atoms with Crippen molar-refractivity contribution in [1.29, 1.82) is 0 Å². The number of benzene rings is 1. The molecule has 2 aliphatic heterocycles. The number of para-hydroxylation sites is 1. The second-order valence-electron chi connectivity index (χ2n) is 9.11. The molecule has 5 nitrogen and oxygen atoms in total. The van der Waals surface area contributed by atoms with Crippen molar-refractivity contribution >= 4 is 10.9 Å². The summed E-state index contributed by atoms with van der Waals surface area (Å²) >= 11 is 0. The molecule has 4 rings (SSSR count). The molecule has 6 heteroatoms. The first-order chi connectivity index (χ1) is 14.5. The van der Waals surface area contributed by atoms with Crippen LogP contribution in [0.4, 0.5) is 4.39 Å². The number of pyridine rings is 1. The van der Waals surface area contributed by atoms with E-state index in [0.717, 1.165) is 43.7 Å². The van der Waals surface area contributed by atoms with Gasteiger partial charge in [0.05, 0.1) is 5.69 Å². The third kappa shape index (κ3) is 4.83. The summed E-state index contributed by atoms with van der Waals surface area (Å²) in [6.07, 6.45) is 3.23. The fourth-order valence-electron chi connectivity index (χ4n) is 5.17. The van der Waals surface area contributed by atoms with E-state index >= 15 is 0 Å². The molecule has 0 radical (unpaired) electrons. The molecule has 164 valence electrons. The van der Waals surface area contributed by atoms with Gasteiger partial charge in [0, 0.05) is 56.3 Å². The highest BCUT2D eigenvalue weighted by Crippen LogP contribution is 2.25. The summed E-state index contributed by atoms with van der Waals surface area (Å²) < 4.78 is 14.1. The minimum atomic E-state index is -0.259. The van der Waals surface area contributed by atoms with Crippen LogP contribution in [0.5, 0.6) is 0 Å². The van der Waals surface area contributed by atoms with Crippen LogP contribution in [0.15, 0.2) is 30.3 Å². The first-order valence-corrected chi connectivity index (χ1v) is 11.4. The number of halogens is 1. The second-order valence-corrected chi connectivity index (χ2v) is 9.11. The van der Waals surface area contributed by atoms with Crippen LogP contribution < -0.4 is 0 Å². The van der Waals surface area contributed by atoms with Crippen LogP contribution in [-0.2, 0) is 6.54 Å². The van der Waals surface area contributed by atoms with Crippen molar-refractivity contribution in [3.63, 3.8) is 0 Å². The molecule has 1 atom stereocenters. The zero-order chi connectivity index (χ0) is 21.1. The van der Waals surface area contributed by atoms with Crippen molar-refractivity contribution in [2.75, 3.05) is 39.3 Å². The lowest BCUT2D eigenvalue weighted by atomic mass is 9.97. The van der Waals surface area contributed by atoms with E-state index in [-0.39, 0.29) is 12.4 Å². The highest BCUT2D eigenvalue weighted by molar-refractivity contribution is 5.79. The zero-order valence-corrected chi connectivity index (χ0v) is 18.3. The van der Waals surface area contributed by atoms with Gasteiger partial charge in [0.15, 0.2) is 0 Å². The van der Waals surface area contributed by atoms with Crippen LogP contribution >= 0.6 is 0 Å². The molecule has 1 unspecified atom stereocenters. The lowest BCUT2D eigenvalue weighted by molar-refractivity contribution is -0.000317. The van der Waals surface area contributed by atoms with Gasteiger partial charge in [-0.15, -0.1) is 0 Å². The monoisotopic (exact) mass is 414 g/mol. The van der Waals surface area contributed by atoms with Crippen LogP contribution in [0.1, 0.15) is 38.8 Å². The average molecular weight is 415 g/mol. The van der Waals surface area contributed by atoms with Gasteiger partial charge in [-0.1, -0.05) is 18.2 Å². The Balaban J connectivity index is 1.40. The normalized spacial score (nSPS) is 22.9. The van der Waals surface area contributed by atoms with E-state index in [4.69, 9.17) is 0 Å². The molecular weight excluding hydrogens is 379 g/mol. The first-order valence-electron chi connectivity index (χ1n) is 11.4. The second kappa shape index (κ2) is 9.69.